The van der Waals surface area contributed by atoms with Gasteiger partial charge in [-0.2, -0.15) is 5.10 Å². The number of hydrogen-bond donors (Lipinski definition) is 0. The van der Waals surface area contributed by atoms with Crippen molar-refractivity contribution in [2.45, 2.75) is 90.8 Å². The first-order valence-electron chi connectivity index (χ1n) is 14.1. The van der Waals surface area contributed by atoms with Crippen molar-refractivity contribution in [1.82, 2.24) is 24.7 Å². The van der Waals surface area contributed by atoms with Crippen LogP contribution in [0.4, 0.5) is 0 Å². The van der Waals surface area contributed by atoms with Gasteiger partial charge in [-0.3, -0.25) is 0 Å². The summed E-state index contributed by atoms with van der Waals surface area (Å²) < 4.78 is 25.1. The summed E-state index contributed by atoms with van der Waals surface area (Å²) in [5, 5.41) is 5.78. The molecule has 8 nitrogen and oxygen atoms in total. The van der Waals surface area contributed by atoms with Crippen molar-refractivity contribution in [1.29, 1.82) is 0 Å². The zero-order valence-corrected chi connectivity index (χ0v) is 27.5. The van der Waals surface area contributed by atoms with Crippen molar-refractivity contribution in [2.24, 2.45) is 4.40 Å². The van der Waals surface area contributed by atoms with Crippen LogP contribution in [0.25, 0.3) is 28.0 Å². The third-order valence-electron chi connectivity index (χ3n) is 7.38. The van der Waals surface area contributed by atoms with E-state index < -0.39 is 24.4 Å². The molecule has 0 bridgehead atoms. The summed E-state index contributed by atoms with van der Waals surface area (Å²) in [6.45, 7) is 19.5. The van der Waals surface area contributed by atoms with Crippen LogP contribution in [0.5, 0.6) is 0 Å². The first-order chi connectivity index (χ1) is 19.2. The second kappa shape index (κ2) is 12.1. The highest BCUT2D eigenvalue weighted by atomic mass is 32.2. The quantitative estimate of drug-likeness (QED) is 0.114. The van der Waals surface area contributed by atoms with Crippen molar-refractivity contribution in [2.75, 3.05) is 0 Å². The molecule has 3 heterocycles. The van der Waals surface area contributed by atoms with Gasteiger partial charge < -0.3 is 8.98 Å². The van der Waals surface area contributed by atoms with Crippen LogP contribution in [0.1, 0.15) is 72.8 Å². The maximum atomic E-state index is 12.8. The molecule has 4 aromatic rings. The minimum atomic E-state index is -1.90. The van der Waals surface area contributed by atoms with Crippen LogP contribution in [-0.4, -0.2) is 48.1 Å². The maximum Gasteiger partial charge on any atom is 0.192 e. The Hall–Kier alpha value is -2.92. The van der Waals surface area contributed by atoms with Crippen LogP contribution in [0.3, 0.4) is 0 Å². The Labute approximate surface area is 248 Å². The van der Waals surface area contributed by atoms with Gasteiger partial charge in [0.05, 0.1) is 29.7 Å². The third-order valence-corrected chi connectivity index (χ3v) is 13.3. The smallest absolute Gasteiger partial charge is 0.192 e. The molecule has 218 valence electrons. The van der Waals surface area contributed by atoms with E-state index in [-0.39, 0.29) is 5.04 Å². The van der Waals surface area contributed by atoms with Crippen LogP contribution in [-0.2, 0) is 22.4 Å². The zero-order chi connectivity index (χ0) is 30.0. The van der Waals surface area contributed by atoms with Crippen molar-refractivity contribution < 1.29 is 8.98 Å². The molecule has 1 atom stereocenters. The summed E-state index contributed by atoms with van der Waals surface area (Å²) >= 11 is -1.39. The molecule has 0 spiro atoms. The van der Waals surface area contributed by atoms with Crippen LogP contribution in [0.2, 0.25) is 18.1 Å². The first kappa shape index (κ1) is 31.0. The van der Waals surface area contributed by atoms with Crippen molar-refractivity contribution in [3.8, 4) is 17.1 Å². The number of hydrogen-bond acceptors (Lipinski definition) is 7. The minimum absolute atomic E-state index is 0.132. The summed E-state index contributed by atoms with van der Waals surface area (Å²) in [7, 11) is -1.90. The number of pyridine rings is 1. The van der Waals surface area contributed by atoms with Gasteiger partial charge in [0.2, 0.25) is 0 Å². The monoisotopic (exact) mass is 590 g/mol. The molecular weight excluding hydrogens is 549 g/mol. The van der Waals surface area contributed by atoms with E-state index in [9.17, 15) is 4.55 Å². The molecular formula is C31H42N6O2SSi. The number of aromatic nitrogens is 5. The summed E-state index contributed by atoms with van der Waals surface area (Å²) in [5.74, 6) is 1.24. The summed E-state index contributed by atoms with van der Waals surface area (Å²) in [4.78, 5) is 14.2. The van der Waals surface area contributed by atoms with Crippen molar-refractivity contribution in [3.05, 3.63) is 66.4 Å². The van der Waals surface area contributed by atoms with Gasteiger partial charge >= 0.3 is 0 Å². The van der Waals surface area contributed by atoms with Crippen molar-refractivity contribution in [3.63, 3.8) is 0 Å². The number of benzene rings is 1. The van der Waals surface area contributed by atoms with Gasteiger partial charge in [-0.15, -0.1) is 0 Å². The largest absolute Gasteiger partial charge is 0.591 e. The van der Waals surface area contributed by atoms with Gasteiger partial charge in [0.15, 0.2) is 20.0 Å². The Morgan fingerprint density at radius 3 is 2.49 bits per heavy atom. The zero-order valence-electron chi connectivity index (χ0n) is 25.7. The molecule has 0 unspecified atom stereocenters. The molecule has 41 heavy (non-hydrogen) atoms. The van der Waals surface area contributed by atoms with Gasteiger partial charge in [-0.05, 0) is 69.6 Å². The summed E-state index contributed by atoms with van der Waals surface area (Å²) in [5.41, 5.74) is 4.15. The second-order valence-electron chi connectivity index (χ2n) is 12.8. The topological polar surface area (TPSA) is 101 Å². The second-order valence-corrected chi connectivity index (χ2v) is 19.5. The molecule has 0 saturated heterocycles. The van der Waals surface area contributed by atoms with E-state index in [1.807, 2.05) is 68.0 Å². The molecule has 3 aromatic heterocycles. The molecule has 0 saturated carbocycles. The number of rotatable bonds is 9. The highest BCUT2D eigenvalue weighted by Gasteiger charge is 2.37. The van der Waals surface area contributed by atoms with Gasteiger partial charge in [0, 0.05) is 17.1 Å². The average Bonchev–Trinajstić information content (AvgIpc) is 3.34. The Kier molecular flexibility index (Phi) is 9.18. The van der Waals surface area contributed by atoms with E-state index >= 15 is 0 Å². The van der Waals surface area contributed by atoms with Crippen LogP contribution < -0.4 is 0 Å². The number of nitrogens with zero attached hydrogens (tertiary/aromatic N) is 6. The molecule has 0 N–H and O–H groups in total. The average molecular weight is 591 g/mol. The van der Waals surface area contributed by atoms with Gasteiger partial charge in [-0.1, -0.05) is 56.7 Å². The molecule has 4 rings (SSSR count). The Bertz CT molecular complexity index is 1540. The van der Waals surface area contributed by atoms with E-state index in [2.05, 4.69) is 61.3 Å². The van der Waals surface area contributed by atoms with E-state index in [4.69, 9.17) is 14.4 Å². The fraction of sp³-hybridized carbons (Fsp3) is 0.452. The van der Waals surface area contributed by atoms with Crippen LogP contribution >= 0.6 is 0 Å². The van der Waals surface area contributed by atoms with Gasteiger partial charge in [0.25, 0.3) is 0 Å². The lowest BCUT2D eigenvalue weighted by Gasteiger charge is -2.36. The third kappa shape index (κ3) is 7.30. The molecule has 0 fully saturated rings. The Balaban J connectivity index is 1.66. The summed E-state index contributed by atoms with van der Waals surface area (Å²) in [6, 6.07) is 14.0. The van der Waals surface area contributed by atoms with E-state index in [1.54, 1.807) is 6.20 Å². The van der Waals surface area contributed by atoms with Gasteiger partial charge in [0.1, 0.15) is 21.8 Å². The first-order valence-corrected chi connectivity index (χ1v) is 18.1. The maximum absolute atomic E-state index is 12.8. The fourth-order valence-electron chi connectivity index (χ4n) is 3.83. The molecule has 0 amide bonds. The lowest BCUT2D eigenvalue weighted by molar-refractivity contribution is 0.272. The predicted molar refractivity (Wildman–Crippen MR) is 171 cm³/mol. The predicted octanol–water partition coefficient (Wildman–Crippen LogP) is 7.45. The lowest BCUT2D eigenvalue weighted by Crippen LogP contribution is -2.40. The van der Waals surface area contributed by atoms with Crippen molar-refractivity contribution >= 4 is 36.3 Å². The van der Waals surface area contributed by atoms with Crippen LogP contribution in [0.15, 0.2) is 59.3 Å². The SMILES string of the molecule is CCCC(=N[S@+]([O-])C(C)(C)C)c1nccc(-c2ccc3cnn(-c4cccc(CO[Si](C)(C)C(C)(C)C)n4)c3c2)n1. The molecule has 0 aliphatic carbocycles. The molecule has 1 aromatic carbocycles. The molecule has 0 radical (unpaired) electrons. The lowest BCUT2D eigenvalue weighted by atomic mass is 10.1. The van der Waals surface area contributed by atoms with Gasteiger partial charge in [-0.25, -0.2) is 19.6 Å². The standard InChI is InChI=1S/C31H42N6O2SSi/c1-10-12-26(36-40(38)30(2,3)4)29-32-18-17-25(35-29)22-15-16-23-20-33-37(27(23)19-22)28-14-11-13-24(34-28)21-39-41(8,9)31(5,6)7/h11,13-20H,10,12,21H2,1-9H3/t40-/m1/s1. The number of fused-ring (bicyclic) bond motifs is 1. The van der Waals surface area contributed by atoms with Crippen LogP contribution in [0, 0.1) is 0 Å². The summed E-state index contributed by atoms with van der Waals surface area (Å²) in [6.07, 6.45) is 5.08. The minimum Gasteiger partial charge on any atom is -0.591 e. The molecule has 0 aliphatic heterocycles. The van der Waals surface area contributed by atoms with E-state index in [1.165, 1.54) is 0 Å². The normalized spacial score (nSPS) is 14.0. The molecule has 10 heteroatoms. The Morgan fingerprint density at radius 1 is 1.05 bits per heavy atom. The van der Waals surface area contributed by atoms with E-state index in [0.717, 1.165) is 40.1 Å². The Morgan fingerprint density at radius 2 is 1.80 bits per heavy atom. The highest BCUT2D eigenvalue weighted by molar-refractivity contribution is 7.91. The highest BCUT2D eigenvalue weighted by Crippen LogP contribution is 2.37. The fourth-order valence-corrected chi connectivity index (χ4v) is 5.42. The molecule has 0 aliphatic rings. The van der Waals surface area contributed by atoms with E-state index in [0.29, 0.717) is 24.6 Å².